The second-order valence-electron chi connectivity index (χ2n) is 3.20. The Morgan fingerprint density at radius 3 is 2.54 bits per heavy atom. The van der Waals surface area contributed by atoms with E-state index in [1.165, 1.54) is 5.56 Å². The van der Waals surface area contributed by atoms with Crippen molar-refractivity contribution in [1.82, 2.24) is 0 Å². The molecule has 0 N–H and O–H groups in total. The summed E-state index contributed by atoms with van der Waals surface area (Å²) in [6.45, 7) is 11.1. The maximum atomic E-state index is 6.91. The van der Waals surface area contributed by atoms with Gasteiger partial charge in [0.25, 0.3) is 0 Å². The zero-order chi connectivity index (χ0) is 9.84. The van der Waals surface area contributed by atoms with Crippen LogP contribution in [0.2, 0.25) is 0 Å². The molecule has 0 bridgehead atoms. The minimum absolute atomic E-state index is 0.466. The minimum Gasteiger partial charge on any atom is -0.508 e. The molecule has 0 aliphatic carbocycles. The number of nitrogens with zero attached hydrogens (tertiary/aromatic N) is 1. The van der Waals surface area contributed by atoms with Crippen LogP contribution in [0.15, 0.2) is 18.2 Å². The lowest BCUT2D eigenvalue weighted by Crippen LogP contribution is -1.89. The molecule has 0 spiro atoms. The van der Waals surface area contributed by atoms with E-state index in [1.807, 2.05) is 12.1 Å². The van der Waals surface area contributed by atoms with Gasteiger partial charge in [0.05, 0.1) is 13.7 Å². The first-order valence-corrected chi connectivity index (χ1v) is 4.24. The van der Waals surface area contributed by atoms with Crippen LogP contribution in [-0.4, -0.2) is 7.11 Å². The van der Waals surface area contributed by atoms with Gasteiger partial charge in [-0.1, -0.05) is 26.0 Å². The van der Waals surface area contributed by atoms with Crippen molar-refractivity contribution >= 4 is 5.69 Å². The molecule has 0 aliphatic heterocycles. The van der Waals surface area contributed by atoms with Crippen LogP contribution in [0.1, 0.15) is 25.3 Å². The summed E-state index contributed by atoms with van der Waals surface area (Å²) in [7, 11) is 1.59. The van der Waals surface area contributed by atoms with E-state index < -0.39 is 0 Å². The van der Waals surface area contributed by atoms with Crippen LogP contribution in [-0.2, 0) is 0 Å². The highest BCUT2D eigenvalue weighted by Gasteiger charge is 2.05. The van der Waals surface area contributed by atoms with E-state index in [0.29, 0.717) is 17.4 Å². The van der Waals surface area contributed by atoms with E-state index in [4.69, 9.17) is 11.3 Å². The van der Waals surface area contributed by atoms with Gasteiger partial charge in [-0.3, -0.25) is 0 Å². The van der Waals surface area contributed by atoms with Crippen molar-refractivity contribution in [2.75, 3.05) is 7.11 Å². The summed E-state index contributed by atoms with van der Waals surface area (Å²) < 4.78 is 5.11. The van der Waals surface area contributed by atoms with Gasteiger partial charge in [0, 0.05) is 0 Å². The lowest BCUT2D eigenvalue weighted by atomic mass is 10.0. The smallest absolute Gasteiger partial charge is 0.228 e. The highest BCUT2D eigenvalue weighted by molar-refractivity contribution is 5.58. The fourth-order valence-corrected chi connectivity index (χ4v) is 1.15. The average Bonchev–Trinajstić information content (AvgIpc) is 2.16. The van der Waals surface area contributed by atoms with Gasteiger partial charge in [0.2, 0.25) is 5.69 Å². The Morgan fingerprint density at radius 1 is 1.38 bits per heavy atom. The molecule has 1 rings (SSSR count). The predicted molar refractivity (Wildman–Crippen MR) is 53.3 cm³/mol. The number of methoxy groups -OCH3 is 1. The van der Waals surface area contributed by atoms with Crippen molar-refractivity contribution in [1.29, 1.82) is 0 Å². The van der Waals surface area contributed by atoms with E-state index >= 15 is 0 Å². The molecule has 0 fully saturated rings. The molecule has 2 heteroatoms. The summed E-state index contributed by atoms with van der Waals surface area (Å²) in [6.07, 6.45) is 0. The first kappa shape index (κ1) is 9.60. The predicted octanol–water partition coefficient (Wildman–Crippen LogP) is 3.37. The Morgan fingerprint density at radius 2 is 2.08 bits per heavy atom. The van der Waals surface area contributed by atoms with Crippen LogP contribution >= 0.6 is 0 Å². The lowest BCUT2D eigenvalue weighted by Gasteiger charge is -2.08. The van der Waals surface area contributed by atoms with E-state index in [-0.39, 0.29) is 0 Å². The molecule has 13 heavy (non-hydrogen) atoms. The average molecular weight is 175 g/mol. The van der Waals surface area contributed by atoms with Crippen molar-refractivity contribution in [3.05, 3.63) is 35.2 Å². The normalized spacial score (nSPS) is 9.77. The van der Waals surface area contributed by atoms with Crippen molar-refractivity contribution in [2.24, 2.45) is 0 Å². The quantitative estimate of drug-likeness (QED) is 0.628. The zero-order valence-corrected chi connectivity index (χ0v) is 8.16. The van der Waals surface area contributed by atoms with Gasteiger partial charge >= 0.3 is 0 Å². The van der Waals surface area contributed by atoms with Crippen LogP contribution in [0.4, 0.5) is 5.69 Å². The van der Waals surface area contributed by atoms with Crippen LogP contribution < -0.4 is 4.74 Å². The zero-order valence-electron chi connectivity index (χ0n) is 8.16. The molecular formula is C11H13NO. The standard InChI is InChI=1S/C11H13NO/c1-8(2)9-5-6-10(12-3)11(7-9)13-4/h5-8H,1-2,4H3. The van der Waals surface area contributed by atoms with Gasteiger partial charge in [-0.05, 0) is 17.5 Å². The van der Waals surface area contributed by atoms with E-state index in [9.17, 15) is 0 Å². The van der Waals surface area contributed by atoms with Gasteiger partial charge in [-0.25, -0.2) is 4.85 Å². The molecule has 1 aromatic rings. The summed E-state index contributed by atoms with van der Waals surface area (Å²) in [6, 6.07) is 5.71. The van der Waals surface area contributed by atoms with E-state index in [0.717, 1.165) is 0 Å². The summed E-state index contributed by atoms with van der Waals surface area (Å²) in [5, 5.41) is 0. The third-order valence-electron chi connectivity index (χ3n) is 1.99. The molecular weight excluding hydrogens is 162 g/mol. The SMILES string of the molecule is [C-]#[N+]c1ccc(C(C)C)cc1OC. The molecule has 0 atom stereocenters. The number of rotatable bonds is 2. The Kier molecular flexibility index (Phi) is 2.92. The number of hydrogen-bond donors (Lipinski definition) is 0. The number of ether oxygens (including phenoxy) is 1. The monoisotopic (exact) mass is 175 g/mol. The Balaban J connectivity index is 3.15. The molecule has 0 radical (unpaired) electrons. The molecule has 0 saturated heterocycles. The van der Waals surface area contributed by atoms with Crippen molar-refractivity contribution in [3.63, 3.8) is 0 Å². The topological polar surface area (TPSA) is 13.6 Å². The Labute approximate surface area is 79.0 Å². The molecule has 0 heterocycles. The van der Waals surface area contributed by atoms with E-state index in [1.54, 1.807) is 13.2 Å². The highest BCUT2D eigenvalue weighted by Crippen LogP contribution is 2.30. The van der Waals surface area contributed by atoms with Gasteiger partial charge in [0.15, 0.2) is 0 Å². The summed E-state index contributed by atoms with van der Waals surface area (Å²) in [5.41, 5.74) is 1.77. The Hall–Kier alpha value is -1.49. The second-order valence-corrected chi connectivity index (χ2v) is 3.20. The summed E-state index contributed by atoms with van der Waals surface area (Å²) >= 11 is 0. The van der Waals surface area contributed by atoms with Crippen LogP contribution in [0.25, 0.3) is 4.85 Å². The van der Waals surface area contributed by atoms with Crippen molar-refractivity contribution in [2.45, 2.75) is 19.8 Å². The number of hydrogen-bond acceptors (Lipinski definition) is 1. The number of benzene rings is 1. The van der Waals surface area contributed by atoms with E-state index in [2.05, 4.69) is 18.7 Å². The van der Waals surface area contributed by atoms with Crippen molar-refractivity contribution < 1.29 is 4.74 Å². The van der Waals surface area contributed by atoms with Crippen LogP contribution in [0.5, 0.6) is 5.75 Å². The third kappa shape index (κ3) is 2.00. The molecule has 0 aromatic heterocycles. The fraction of sp³-hybridized carbons (Fsp3) is 0.364. The molecule has 1 aromatic carbocycles. The largest absolute Gasteiger partial charge is 0.508 e. The van der Waals surface area contributed by atoms with Gasteiger partial charge in [0.1, 0.15) is 5.75 Å². The molecule has 0 amide bonds. The first-order valence-electron chi connectivity index (χ1n) is 4.24. The Bertz CT molecular complexity index is 336. The highest BCUT2D eigenvalue weighted by atomic mass is 16.5. The van der Waals surface area contributed by atoms with Gasteiger partial charge in [-0.2, -0.15) is 0 Å². The fourth-order valence-electron chi connectivity index (χ4n) is 1.15. The second kappa shape index (κ2) is 3.95. The summed E-state index contributed by atoms with van der Waals surface area (Å²) in [5.74, 6) is 1.13. The third-order valence-corrected chi connectivity index (χ3v) is 1.99. The lowest BCUT2D eigenvalue weighted by molar-refractivity contribution is 0.416. The van der Waals surface area contributed by atoms with Gasteiger partial charge < -0.3 is 4.74 Å². The molecule has 0 aliphatic rings. The van der Waals surface area contributed by atoms with Crippen LogP contribution in [0.3, 0.4) is 0 Å². The summed E-state index contributed by atoms with van der Waals surface area (Å²) in [4.78, 5) is 3.37. The molecule has 0 unspecified atom stereocenters. The van der Waals surface area contributed by atoms with Crippen LogP contribution in [0, 0.1) is 6.57 Å². The molecule has 68 valence electrons. The maximum absolute atomic E-state index is 6.91. The first-order chi connectivity index (χ1) is 6.19. The van der Waals surface area contributed by atoms with Gasteiger partial charge in [-0.15, -0.1) is 0 Å². The molecule has 2 nitrogen and oxygen atoms in total. The minimum atomic E-state index is 0.466. The maximum Gasteiger partial charge on any atom is 0.228 e. The molecule has 0 saturated carbocycles. The van der Waals surface area contributed by atoms with Crippen molar-refractivity contribution in [3.8, 4) is 5.75 Å².